The fourth-order valence-corrected chi connectivity index (χ4v) is 1.44. The number of nitrogens with one attached hydrogen (secondary N) is 1. The molecular weight excluding hydrogens is 244 g/mol. The minimum atomic E-state index is -0.776. The van der Waals surface area contributed by atoms with Crippen LogP contribution >= 0.6 is 0 Å². The summed E-state index contributed by atoms with van der Waals surface area (Å²) in [6.45, 7) is 1.56. The number of esters is 1. The first kappa shape index (κ1) is 13.3. The minimum absolute atomic E-state index is 0.248. The van der Waals surface area contributed by atoms with Crippen LogP contribution < -0.4 is 5.32 Å². The number of aromatic nitrogens is 1. The van der Waals surface area contributed by atoms with Gasteiger partial charge in [0.25, 0.3) is 5.91 Å². The number of pyridine rings is 1. The zero-order valence-corrected chi connectivity index (χ0v) is 10.7. The highest BCUT2D eigenvalue weighted by Crippen LogP contribution is 2.18. The molecule has 0 spiro atoms. The summed E-state index contributed by atoms with van der Waals surface area (Å²) in [5, 5.41) is 2.78. The average molecular weight is 260 g/mol. The van der Waals surface area contributed by atoms with Crippen LogP contribution in [-0.2, 0) is 14.3 Å². The Hall–Kier alpha value is -2.17. The van der Waals surface area contributed by atoms with Gasteiger partial charge in [-0.1, -0.05) is 6.07 Å². The second-order valence-electron chi connectivity index (χ2n) is 4.45. The fourth-order valence-electron chi connectivity index (χ4n) is 1.44. The van der Waals surface area contributed by atoms with Gasteiger partial charge >= 0.3 is 5.97 Å². The van der Waals surface area contributed by atoms with Crippen molar-refractivity contribution in [3.63, 3.8) is 0 Å². The molecule has 1 saturated carbocycles. The third-order valence-corrected chi connectivity index (χ3v) is 2.66. The Labute approximate surface area is 111 Å². The summed E-state index contributed by atoms with van der Waals surface area (Å²) in [7, 11) is 0. The highest BCUT2D eigenvalue weighted by molar-refractivity contribution is 5.90. The first-order valence-corrected chi connectivity index (χ1v) is 6.25. The molecule has 5 heteroatoms. The molecule has 1 N–H and O–H groups in total. The van der Waals surface area contributed by atoms with Gasteiger partial charge in [0.05, 0.1) is 5.69 Å². The van der Waals surface area contributed by atoms with E-state index < -0.39 is 12.1 Å². The highest BCUT2D eigenvalue weighted by atomic mass is 16.5. The van der Waals surface area contributed by atoms with E-state index in [4.69, 9.17) is 4.74 Å². The summed E-state index contributed by atoms with van der Waals surface area (Å²) in [5.74, 6) is -0.800. The van der Waals surface area contributed by atoms with Crippen LogP contribution in [0.25, 0.3) is 6.08 Å². The summed E-state index contributed by atoms with van der Waals surface area (Å²) in [6.07, 6.45) is 5.69. The van der Waals surface area contributed by atoms with Crippen molar-refractivity contribution >= 4 is 18.0 Å². The summed E-state index contributed by atoms with van der Waals surface area (Å²) >= 11 is 0. The molecule has 100 valence electrons. The number of hydrogen-bond acceptors (Lipinski definition) is 4. The van der Waals surface area contributed by atoms with Crippen molar-refractivity contribution in [1.29, 1.82) is 0 Å². The predicted octanol–water partition coefficient (Wildman–Crippen LogP) is 1.31. The molecule has 1 fully saturated rings. The van der Waals surface area contributed by atoms with Gasteiger partial charge in [-0.2, -0.15) is 0 Å². The molecule has 0 aromatic carbocycles. The summed E-state index contributed by atoms with van der Waals surface area (Å²) in [4.78, 5) is 27.1. The molecule has 2 rings (SSSR count). The highest BCUT2D eigenvalue weighted by Gasteiger charge is 2.26. The van der Waals surface area contributed by atoms with E-state index in [0.29, 0.717) is 5.69 Å². The van der Waals surface area contributed by atoms with Gasteiger partial charge in [0.1, 0.15) is 0 Å². The summed E-state index contributed by atoms with van der Waals surface area (Å²) in [6, 6.07) is 5.65. The predicted molar refractivity (Wildman–Crippen MR) is 70.0 cm³/mol. The molecule has 0 saturated heterocycles. The van der Waals surface area contributed by atoms with E-state index in [1.807, 2.05) is 6.07 Å². The van der Waals surface area contributed by atoms with Crippen LogP contribution in [0.15, 0.2) is 30.5 Å². The lowest BCUT2D eigenvalue weighted by Gasteiger charge is -2.11. The van der Waals surface area contributed by atoms with Crippen LogP contribution in [-0.4, -0.2) is 29.0 Å². The molecule has 19 heavy (non-hydrogen) atoms. The normalized spacial score (nSPS) is 16.1. The maximum absolute atomic E-state index is 11.6. The first-order chi connectivity index (χ1) is 9.15. The Morgan fingerprint density at radius 2 is 2.26 bits per heavy atom. The molecule has 1 amide bonds. The van der Waals surface area contributed by atoms with Crippen LogP contribution in [0.3, 0.4) is 0 Å². The monoisotopic (exact) mass is 260 g/mol. The number of carbonyl (C=O) groups excluding carboxylic acids is 2. The number of ether oxygens (including phenoxy) is 1. The lowest BCUT2D eigenvalue weighted by molar-refractivity contribution is -0.150. The second-order valence-corrected chi connectivity index (χ2v) is 4.45. The molecule has 1 aromatic rings. The van der Waals surface area contributed by atoms with E-state index in [1.54, 1.807) is 31.3 Å². The zero-order valence-electron chi connectivity index (χ0n) is 10.7. The van der Waals surface area contributed by atoms with Gasteiger partial charge in [0, 0.05) is 18.3 Å². The molecule has 1 aliphatic carbocycles. The van der Waals surface area contributed by atoms with Crippen molar-refractivity contribution < 1.29 is 14.3 Å². The van der Waals surface area contributed by atoms with E-state index in [-0.39, 0.29) is 11.9 Å². The van der Waals surface area contributed by atoms with Gasteiger partial charge in [0.2, 0.25) is 0 Å². The molecule has 0 aliphatic heterocycles. The Morgan fingerprint density at radius 3 is 2.89 bits per heavy atom. The maximum atomic E-state index is 11.6. The Morgan fingerprint density at radius 1 is 1.47 bits per heavy atom. The standard InChI is InChI=1S/C14H16N2O3/c1-10(14(18)16-12-5-6-12)19-13(17)8-7-11-4-2-3-9-15-11/h2-4,7-10,12H,5-6H2,1H3,(H,16,18)/b8-7-/t10-/m0/s1. The maximum Gasteiger partial charge on any atom is 0.331 e. The molecule has 0 bridgehead atoms. The van der Waals surface area contributed by atoms with Crippen LogP contribution in [0.2, 0.25) is 0 Å². The number of carbonyl (C=O) groups is 2. The number of amides is 1. The van der Waals surface area contributed by atoms with Crippen molar-refractivity contribution in [3.8, 4) is 0 Å². The van der Waals surface area contributed by atoms with E-state index in [0.717, 1.165) is 12.8 Å². The fraction of sp³-hybridized carbons (Fsp3) is 0.357. The number of nitrogens with zero attached hydrogens (tertiary/aromatic N) is 1. The molecule has 1 heterocycles. The summed E-state index contributed by atoms with van der Waals surface area (Å²) in [5.41, 5.74) is 0.662. The molecule has 1 atom stereocenters. The topological polar surface area (TPSA) is 68.3 Å². The van der Waals surface area contributed by atoms with E-state index >= 15 is 0 Å². The summed E-state index contributed by atoms with van der Waals surface area (Å²) < 4.78 is 5.00. The molecule has 5 nitrogen and oxygen atoms in total. The average Bonchev–Trinajstić information content (AvgIpc) is 3.21. The molecule has 0 radical (unpaired) electrons. The molecule has 1 aliphatic rings. The van der Waals surface area contributed by atoms with Gasteiger partial charge in [-0.15, -0.1) is 0 Å². The quantitative estimate of drug-likeness (QED) is 0.640. The second kappa shape index (κ2) is 6.13. The van der Waals surface area contributed by atoms with Crippen LogP contribution in [0, 0.1) is 0 Å². The van der Waals surface area contributed by atoms with Gasteiger partial charge < -0.3 is 10.1 Å². The SMILES string of the molecule is C[C@H](OC(=O)/C=C\c1ccccn1)C(=O)NC1CC1. The Bertz CT molecular complexity index is 481. The Balaban J connectivity index is 1.79. The van der Waals surface area contributed by atoms with E-state index in [2.05, 4.69) is 10.3 Å². The van der Waals surface area contributed by atoms with Crippen molar-refractivity contribution in [2.45, 2.75) is 31.9 Å². The smallest absolute Gasteiger partial charge is 0.331 e. The van der Waals surface area contributed by atoms with E-state index in [9.17, 15) is 9.59 Å². The lowest BCUT2D eigenvalue weighted by atomic mass is 10.3. The van der Waals surface area contributed by atoms with Gasteiger partial charge in [-0.05, 0) is 38.0 Å². The number of rotatable bonds is 5. The van der Waals surface area contributed by atoms with Gasteiger partial charge in [0.15, 0.2) is 6.10 Å². The molecule has 1 aromatic heterocycles. The zero-order chi connectivity index (χ0) is 13.7. The third-order valence-electron chi connectivity index (χ3n) is 2.66. The largest absolute Gasteiger partial charge is 0.449 e. The van der Waals surface area contributed by atoms with Crippen molar-refractivity contribution in [3.05, 3.63) is 36.2 Å². The van der Waals surface area contributed by atoms with Gasteiger partial charge in [-0.25, -0.2) is 4.79 Å². The minimum Gasteiger partial charge on any atom is -0.449 e. The molecular formula is C14H16N2O3. The van der Waals surface area contributed by atoms with Crippen molar-refractivity contribution in [2.24, 2.45) is 0 Å². The van der Waals surface area contributed by atoms with Crippen LogP contribution in [0.4, 0.5) is 0 Å². The Kier molecular flexibility index (Phi) is 4.28. The third kappa shape index (κ3) is 4.54. The van der Waals surface area contributed by atoms with Crippen molar-refractivity contribution in [2.75, 3.05) is 0 Å². The van der Waals surface area contributed by atoms with E-state index in [1.165, 1.54) is 6.08 Å². The van der Waals surface area contributed by atoms with Crippen LogP contribution in [0.1, 0.15) is 25.5 Å². The molecule has 0 unspecified atom stereocenters. The van der Waals surface area contributed by atoms with Gasteiger partial charge in [-0.3, -0.25) is 9.78 Å². The first-order valence-electron chi connectivity index (χ1n) is 6.25. The van der Waals surface area contributed by atoms with Crippen LogP contribution in [0.5, 0.6) is 0 Å². The lowest BCUT2D eigenvalue weighted by Crippen LogP contribution is -2.36. The van der Waals surface area contributed by atoms with Crippen molar-refractivity contribution in [1.82, 2.24) is 10.3 Å². The number of hydrogen-bond donors (Lipinski definition) is 1.